The van der Waals surface area contributed by atoms with E-state index in [1.807, 2.05) is 0 Å². The fraction of sp³-hybridized carbons (Fsp3) is 0.429. The van der Waals surface area contributed by atoms with Crippen LogP contribution in [0.15, 0.2) is 24.3 Å². The molecule has 1 fully saturated rings. The van der Waals surface area contributed by atoms with Gasteiger partial charge in [-0.15, -0.1) is 20.7 Å². The number of carbonyl (C=O) groups excluding carboxylic acids is 1. The van der Waals surface area contributed by atoms with Crippen LogP contribution in [0.3, 0.4) is 0 Å². The third kappa shape index (κ3) is 1.85. The number of carbonyl (C=O) groups is 1. The van der Waals surface area contributed by atoms with Crippen molar-refractivity contribution in [2.45, 2.75) is 27.1 Å². The van der Waals surface area contributed by atoms with E-state index in [4.69, 9.17) is 5.73 Å². The number of aliphatic hydroxyl groups is 8. The average Bonchev–Trinajstić information content (AvgIpc) is 3.30. The van der Waals surface area contributed by atoms with E-state index >= 15 is 0 Å². The first-order valence-corrected chi connectivity index (χ1v) is 9.41. The summed E-state index contributed by atoms with van der Waals surface area (Å²) in [6, 6.07) is 5.26. The van der Waals surface area contributed by atoms with Gasteiger partial charge in [-0.2, -0.15) is 0 Å². The molecule has 0 radical (unpaired) electrons. The lowest BCUT2D eigenvalue weighted by Gasteiger charge is -2.43. The van der Waals surface area contributed by atoms with Gasteiger partial charge in [-0.25, -0.2) is 0 Å². The van der Waals surface area contributed by atoms with E-state index in [9.17, 15) is 45.6 Å². The van der Waals surface area contributed by atoms with Crippen LogP contribution in [0.2, 0.25) is 0 Å². The molecule has 1 aromatic carbocycles. The summed E-state index contributed by atoms with van der Waals surface area (Å²) in [4.78, 5) is 13.1. The number of para-hydroxylation sites is 1. The van der Waals surface area contributed by atoms with Gasteiger partial charge < -0.3 is 46.6 Å². The van der Waals surface area contributed by atoms with Gasteiger partial charge in [0.2, 0.25) is 11.6 Å². The summed E-state index contributed by atoms with van der Waals surface area (Å²) in [7, 11) is 0. The lowest BCUT2D eigenvalue weighted by molar-refractivity contribution is -0.452. The van der Waals surface area contributed by atoms with Crippen LogP contribution in [0.4, 0.5) is 5.69 Å². The monoisotopic (exact) mass is 469 g/mol. The standard InChI is InChI=1S/C14H16INO9/c16-7-4-2-1-3-6(7)9(17)10(8-5-15-8)11(18,19)13(22,23)14(24,25)12(10,20)21/h1-5,8,18-25H,16H2. The molecular formula is C14H16INO9. The molecule has 0 aromatic heterocycles. The van der Waals surface area contributed by atoms with Crippen molar-refractivity contribution in [2.24, 2.45) is 5.41 Å². The van der Waals surface area contributed by atoms with Crippen LogP contribution in [0, 0.1) is 5.41 Å². The number of anilines is 1. The zero-order valence-electron chi connectivity index (χ0n) is 12.4. The van der Waals surface area contributed by atoms with E-state index in [1.54, 1.807) is 0 Å². The molecule has 1 saturated carbocycles. The van der Waals surface area contributed by atoms with Gasteiger partial charge in [0.1, 0.15) is 0 Å². The molecule has 0 saturated heterocycles. The minimum Gasteiger partial charge on any atom is -0.398 e. The highest BCUT2D eigenvalue weighted by molar-refractivity contribution is 14.2. The first kappa shape index (κ1) is 18.8. The third-order valence-corrected chi connectivity index (χ3v) is 7.16. The highest BCUT2D eigenvalue weighted by Crippen LogP contribution is 2.66. The summed E-state index contributed by atoms with van der Waals surface area (Å²) >= 11 is -1.10. The number of ketones is 1. The van der Waals surface area contributed by atoms with Crippen LogP contribution in [0.25, 0.3) is 0 Å². The molecule has 11 heteroatoms. The Labute approximate surface area is 150 Å². The third-order valence-electron chi connectivity index (χ3n) is 4.79. The number of hydrogen-bond acceptors (Lipinski definition) is 10. The summed E-state index contributed by atoms with van der Waals surface area (Å²) in [6.07, 6.45) is 0. The first-order chi connectivity index (χ1) is 11.3. The normalized spacial score (nSPS) is 29.7. The van der Waals surface area contributed by atoms with E-state index < -0.39 is 59.0 Å². The maximum absolute atomic E-state index is 13.1. The fourth-order valence-corrected chi connectivity index (χ4v) is 5.68. The van der Waals surface area contributed by atoms with Crippen LogP contribution in [0.5, 0.6) is 0 Å². The van der Waals surface area contributed by atoms with Gasteiger partial charge in [0, 0.05) is 11.3 Å². The zero-order valence-corrected chi connectivity index (χ0v) is 14.6. The summed E-state index contributed by atoms with van der Waals surface area (Å²) in [5.41, 5.74) is 1.96. The SMILES string of the molecule is Nc1ccccc1C(=O)C1(C2C=I2)C(O)(O)C(O)(O)C(O)(O)C1(O)O. The summed E-state index contributed by atoms with van der Waals surface area (Å²) < 4.78 is 0.152. The van der Waals surface area contributed by atoms with Gasteiger partial charge in [-0.3, -0.25) is 4.79 Å². The largest absolute Gasteiger partial charge is 0.398 e. The summed E-state index contributed by atoms with van der Waals surface area (Å²) in [5.74, 6) is -17.9. The van der Waals surface area contributed by atoms with Gasteiger partial charge >= 0.3 is 0 Å². The number of Topliss-reactive ketones (excluding diaryl/α,β-unsaturated/α-hetero) is 1. The number of alkyl halides is 1. The average molecular weight is 469 g/mol. The highest BCUT2D eigenvalue weighted by atomic mass is 127. The van der Waals surface area contributed by atoms with Gasteiger partial charge in [0.05, 0.1) is 3.92 Å². The Morgan fingerprint density at radius 1 is 0.880 bits per heavy atom. The number of nitrogen functional groups attached to an aromatic ring is 1. The van der Waals surface area contributed by atoms with Crippen molar-refractivity contribution in [1.82, 2.24) is 0 Å². The summed E-state index contributed by atoms with van der Waals surface area (Å²) in [6.45, 7) is 0. The predicted molar refractivity (Wildman–Crippen MR) is 90.2 cm³/mol. The molecule has 0 amide bonds. The van der Waals surface area contributed by atoms with Crippen LogP contribution in [-0.2, 0) is 0 Å². The Balaban J connectivity index is 2.35. The van der Waals surface area contributed by atoms with Crippen molar-refractivity contribution >= 4 is 36.2 Å². The number of halogens is 1. The van der Waals surface area contributed by atoms with Crippen molar-refractivity contribution in [3.8, 4) is 0 Å². The van der Waals surface area contributed by atoms with Crippen molar-refractivity contribution in [1.29, 1.82) is 0 Å². The van der Waals surface area contributed by atoms with Gasteiger partial charge in [0.25, 0.3) is 11.6 Å². The molecule has 3 rings (SSSR count). The molecular weight excluding hydrogens is 453 g/mol. The van der Waals surface area contributed by atoms with Crippen LogP contribution >= 0.6 is 20.7 Å². The Morgan fingerprint density at radius 3 is 1.72 bits per heavy atom. The van der Waals surface area contributed by atoms with Crippen molar-refractivity contribution in [2.75, 3.05) is 5.73 Å². The first-order valence-electron chi connectivity index (χ1n) is 6.92. The lowest BCUT2D eigenvalue weighted by atomic mass is 9.68. The number of rotatable bonds is 3. The van der Waals surface area contributed by atoms with E-state index in [1.165, 1.54) is 22.2 Å². The van der Waals surface area contributed by atoms with E-state index in [0.29, 0.717) is 0 Å². The van der Waals surface area contributed by atoms with Crippen LogP contribution in [-0.4, -0.2) is 77.7 Å². The van der Waals surface area contributed by atoms with Crippen LogP contribution < -0.4 is 5.73 Å². The van der Waals surface area contributed by atoms with Crippen LogP contribution in [0.1, 0.15) is 10.4 Å². The number of hydrogen-bond donors (Lipinski definition) is 9. The molecule has 1 aliphatic carbocycles. The quantitative estimate of drug-likeness (QED) is 0.0698. The second-order valence-electron chi connectivity index (χ2n) is 6.07. The van der Waals surface area contributed by atoms with E-state index in [2.05, 4.69) is 0 Å². The maximum atomic E-state index is 13.1. The van der Waals surface area contributed by atoms with Gasteiger partial charge in [-0.05, 0) is 16.1 Å². The lowest BCUT2D eigenvalue weighted by Crippen LogP contribution is -2.68. The van der Waals surface area contributed by atoms with E-state index in [0.717, 1.165) is 6.07 Å². The smallest absolute Gasteiger partial charge is 0.281 e. The second kappa shape index (κ2) is 5.03. The molecule has 10 N–H and O–H groups in total. The minimum absolute atomic E-state index is 0.160. The molecule has 0 bridgehead atoms. The molecule has 138 valence electrons. The molecule has 1 unspecified atom stereocenters. The molecule has 2 aliphatic rings. The molecule has 25 heavy (non-hydrogen) atoms. The molecule has 1 heterocycles. The Bertz CT molecular complexity index is 754. The Hall–Kier alpha value is -1.03. The van der Waals surface area contributed by atoms with Crippen molar-refractivity contribution in [3.63, 3.8) is 0 Å². The predicted octanol–water partition coefficient (Wildman–Crippen LogP) is -3.67. The Kier molecular flexibility index (Phi) is 3.77. The summed E-state index contributed by atoms with van der Waals surface area (Å²) in [5, 5.41) is 81.2. The molecule has 1 aromatic rings. The highest BCUT2D eigenvalue weighted by Gasteiger charge is 2.94. The van der Waals surface area contributed by atoms with E-state index in [-0.39, 0.29) is 11.3 Å². The Morgan fingerprint density at radius 2 is 1.32 bits per heavy atom. The molecule has 1 aliphatic heterocycles. The number of benzene rings is 1. The van der Waals surface area contributed by atoms with Gasteiger partial charge in [-0.1, -0.05) is 12.1 Å². The zero-order chi connectivity index (χ0) is 19.1. The minimum atomic E-state index is -4.26. The molecule has 1 atom stereocenters. The molecule has 0 spiro atoms. The van der Waals surface area contributed by atoms with Crippen molar-refractivity contribution in [3.05, 3.63) is 29.8 Å². The second-order valence-corrected chi connectivity index (χ2v) is 8.85. The van der Waals surface area contributed by atoms with Crippen molar-refractivity contribution < 1.29 is 45.6 Å². The maximum Gasteiger partial charge on any atom is 0.281 e. The van der Waals surface area contributed by atoms with Gasteiger partial charge in [0.15, 0.2) is 11.2 Å². The fourth-order valence-electron chi connectivity index (χ4n) is 3.25. The number of nitrogens with two attached hydrogens (primary N) is 1. The molecule has 10 nitrogen and oxygen atoms in total. The topological polar surface area (TPSA) is 205 Å².